The molecular formula is C12H15N3OS. The molecule has 1 aromatic carbocycles. The number of benzene rings is 1. The van der Waals surface area contributed by atoms with E-state index in [1.165, 1.54) is 17.1 Å². The van der Waals surface area contributed by atoms with E-state index >= 15 is 0 Å². The highest BCUT2D eigenvalue weighted by Crippen LogP contribution is 2.22. The SMILES string of the molecule is CNc1snnc1COC(C)c1ccccc1. The van der Waals surface area contributed by atoms with E-state index in [1.807, 2.05) is 32.2 Å². The van der Waals surface area contributed by atoms with Gasteiger partial charge < -0.3 is 10.1 Å². The lowest BCUT2D eigenvalue weighted by molar-refractivity contribution is 0.0508. The molecule has 90 valence electrons. The Morgan fingerprint density at radius 1 is 1.35 bits per heavy atom. The number of nitrogens with one attached hydrogen (secondary N) is 1. The van der Waals surface area contributed by atoms with Crippen molar-refractivity contribution < 1.29 is 4.74 Å². The van der Waals surface area contributed by atoms with Crippen LogP contribution in [0.2, 0.25) is 0 Å². The summed E-state index contributed by atoms with van der Waals surface area (Å²) in [7, 11) is 1.86. The molecule has 5 heteroatoms. The van der Waals surface area contributed by atoms with Crippen molar-refractivity contribution in [3.8, 4) is 0 Å². The van der Waals surface area contributed by atoms with E-state index in [0.717, 1.165) is 10.7 Å². The van der Waals surface area contributed by atoms with Gasteiger partial charge >= 0.3 is 0 Å². The fourth-order valence-corrected chi connectivity index (χ4v) is 2.03. The number of anilines is 1. The lowest BCUT2D eigenvalue weighted by Crippen LogP contribution is -2.02. The zero-order chi connectivity index (χ0) is 12.1. The van der Waals surface area contributed by atoms with Crippen LogP contribution in [-0.4, -0.2) is 16.6 Å². The fraction of sp³-hybridized carbons (Fsp3) is 0.333. The first kappa shape index (κ1) is 12.0. The summed E-state index contributed by atoms with van der Waals surface area (Å²) in [5, 5.41) is 8.05. The van der Waals surface area contributed by atoms with Gasteiger partial charge in [0.1, 0.15) is 10.7 Å². The number of nitrogens with zero attached hydrogens (tertiary/aromatic N) is 2. The van der Waals surface area contributed by atoms with Crippen LogP contribution in [0, 0.1) is 0 Å². The van der Waals surface area contributed by atoms with Gasteiger partial charge in [0.2, 0.25) is 0 Å². The van der Waals surface area contributed by atoms with Crippen LogP contribution < -0.4 is 5.32 Å². The highest BCUT2D eigenvalue weighted by Gasteiger charge is 2.10. The van der Waals surface area contributed by atoms with Gasteiger partial charge in [-0.25, -0.2) is 0 Å². The third-order valence-electron chi connectivity index (χ3n) is 2.52. The second-order valence-corrected chi connectivity index (χ2v) is 4.42. The summed E-state index contributed by atoms with van der Waals surface area (Å²) in [5.41, 5.74) is 2.03. The molecule has 1 aromatic heterocycles. The minimum absolute atomic E-state index is 0.0580. The van der Waals surface area contributed by atoms with Gasteiger partial charge in [-0.05, 0) is 12.5 Å². The first-order valence-corrected chi connectivity index (χ1v) is 6.24. The Balaban J connectivity index is 1.95. The normalized spacial score (nSPS) is 12.4. The summed E-state index contributed by atoms with van der Waals surface area (Å²) in [6.07, 6.45) is 0.0580. The van der Waals surface area contributed by atoms with Crippen molar-refractivity contribution in [1.82, 2.24) is 9.59 Å². The molecule has 0 amide bonds. The lowest BCUT2D eigenvalue weighted by Gasteiger charge is -2.12. The Hall–Kier alpha value is -1.46. The van der Waals surface area contributed by atoms with Crippen LogP contribution in [-0.2, 0) is 11.3 Å². The fourth-order valence-electron chi connectivity index (χ4n) is 1.52. The molecule has 1 atom stereocenters. The first-order valence-electron chi connectivity index (χ1n) is 5.46. The van der Waals surface area contributed by atoms with Crippen molar-refractivity contribution in [2.45, 2.75) is 19.6 Å². The average Bonchev–Trinajstić information content (AvgIpc) is 2.84. The molecule has 0 saturated carbocycles. The summed E-state index contributed by atoms with van der Waals surface area (Å²) in [4.78, 5) is 0. The lowest BCUT2D eigenvalue weighted by atomic mass is 10.1. The smallest absolute Gasteiger partial charge is 0.135 e. The molecule has 2 rings (SSSR count). The summed E-state index contributed by atoms with van der Waals surface area (Å²) < 4.78 is 9.67. The van der Waals surface area contributed by atoms with E-state index in [-0.39, 0.29) is 6.10 Å². The number of hydrogen-bond donors (Lipinski definition) is 1. The maximum absolute atomic E-state index is 5.78. The number of rotatable bonds is 5. The summed E-state index contributed by atoms with van der Waals surface area (Å²) >= 11 is 1.34. The Bertz CT molecular complexity index is 458. The second-order valence-electron chi connectivity index (χ2n) is 3.66. The molecule has 1 unspecified atom stereocenters. The summed E-state index contributed by atoms with van der Waals surface area (Å²) in [6.45, 7) is 2.51. The maximum atomic E-state index is 5.78. The van der Waals surface area contributed by atoms with Crippen LogP contribution in [0.3, 0.4) is 0 Å². The van der Waals surface area contributed by atoms with Crippen LogP contribution >= 0.6 is 11.5 Å². The second kappa shape index (κ2) is 5.75. The number of ether oxygens (including phenoxy) is 1. The zero-order valence-electron chi connectivity index (χ0n) is 9.88. The molecule has 2 aromatic rings. The molecule has 4 nitrogen and oxygen atoms in total. The van der Waals surface area contributed by atoms with Crippen molar-refractivity contribution in [3.63, 3.8) is 0 Å². The third kappa shape index (κ3) is 3.01. The number of aromatic nitrogens is 2. The van der Waals surface area contributed by atoms with Gasteiger partial charge in [-0.2, -0.15) is 0 Å². The average molecular weight is 249 g/mol. The molecule has 17 heavy (non-hydrogen) atoms. The summed E-state index contributed by atoms with van der Waals surface area (Å²) in [5.74, 6) is 0. The van der Waals surface area contributed by atoms with Crippen LogP contribution in [0.1, 0.15) is 24.3 Å². The first-order chi connectivity index (χ1) is 8.31. The van der Waals surface area contributed by atoms with Crippen molar-refractivity contribution >= 4 is 16.5 Å². The molecule has 1 heterocycles. The molecule has 0 radical (unpaired) electrons. The monoisotopic (exact) mass is 249 g/mol. The molecule has 0 aliphatic carbocycles. The van der Waals surface area contributed by atoms with Crippen molar-refractivity contribution in [2.75, 3.05) is 12.4 Å². The summed E-state index contributed by atoms with van der Waals surface area (Å²) in [6, 6.07) is 10.1. The standard InChI is InChI=1S/C12H15N3OS/c1-9(10-6-4-3-5-7-10)16-8-11-12(13-2)17-15-14-11/h3-7,9,13H,8H2,1-2H3. The van der Waals surface area contributed by atoms with Gasteiger partial charge in [-0.15, -0.1) is 5.10 Å². The van der Waals surface area contributed by atoms with E-state index in [2.05, 4.69) is 27.0 Å². The largest absolute Gasteiger partial charge is 0.377 e. The Labute approximate surface area is 105 Å². The van der Waals surface area contributed by atoms with Crippen molar-refractivity contribution in [1.29, 1.82) is 0 Å². The van der Waals surface area contributed by atoms with Gasteiger partial charge in [-0.3, -0.25) is 0 Å². The van der Waals surface area contributed by atoms with Crippen LogP contribution in [0.4, 0.5) is 5.00 Å². The van der Waals surface area contributed by atoms with Gasteiger partial charge in [0.25, 0.3) is 0 Å². The van der Waals surface area contributed by atoms with E-state index in [4.69, 9.17) is 4.74 Å². The Morgan fingerprint density at radius 2 is 2.12 bits per heavy atom. The van der Waals surface area contributed by atoms with Gasteiger partial charge in [0, 0.05) is 18.6 Å². The molecule has 0 fully saturated rings. The molecular weight excluding hydrogens is 234 g/mol. The van der Waals surface area contributed by atoms with Crippen LogP contribution in [0.25, 0.3) is 0 Å². The third-order valence-corrected chi connectivity index (χ3v) is 3.31. The predicted molar refractivity (Wildman–Crippen MR) is 69.1 cm³/mol. The van der Waals surface area contributed by atoms with Crippen molar-refractivity contribution in [3.05, 3.63) is 41.6 Å². The van der Waals surface area contributed by atoms with E-state index in [0.29, 0.717) is 6.61 Å². The highest BCUT2D eigenvalue weighted by atomic mass is 32.1. The molecule has 0 bridgehead atoms. The quantitative estimate of drug-likeness (QED) is 0.885. The Kier molecular flexibility index (Phi) is 4.06. The van der Waals surface area contributed by atoms with E-state index < -0.39 is 0 Å². The zero-order valence-corrected chi connectivity index (χ0v) is 10.7. The van der Waals surface area contributed by atoms with E-state index in [9.17, 15) is 0 Å². The van der Waals surface area contributed by atoms with Crippen LogP contribution in [0.15, 0.2) is 30.3 Å². The minimum atomic E-state index is 0.0580. The van der Waals surface area contributed by atoms with Crippen LogP contribution in [0.5, 0.6) is 0 Å². The molecule has 1 N–H and O–H groups in total. The number of hydrogen-bond acceptors (Lipinski definition) is 5. The molecule has 0 spiro atoms. The van der Waals surface area contributed by atoms with E-state index in [1.54, 1.807) is 0 Å². The maximum Gasteiger partial charge on any atom is 0.135 e. The van der Waals surface area contributed by atoms with Gasteiger partial charge in [0.05, 0.1) is 12.7 Å². The van der Waals surface area contributed by atoms with Crippen molar-refractivity contribution in [2.24, 2.45) is 0 Å². The van der Waals surface area contributed by atoms with Gasteiger partial charge in [0.15, 0.2) is 0 Å². The minimum Gasteiger partial charge on any atom is -0.377 e. The van der Waals surface area contributed by atoms with Gasteiger partial charge in [-0.1, -0.05) is 34.8 Å². The molecule has 0 aliphatic rings. The highest BCUT2D eigenvalue weighted by molar-refractivity contribution is 7.10. The topological polar surface area (TPSA) is 47.0 Å². The Morgan fingerprint density at radius 3 is 2.82 bits per heavy atom. The predicted octanol–water partition coefficient (Wildman–Crippen LogP) is 2.86. The molecule has 0 aliphatic heterocycles. The molecule has 0 saturated heterocycles.